The van der Waals surface area contributed by atoms with Crippen molar-refractivity contribution in [3.05, 3.63) is 95.7 Å². The number of pyridine rings is 1. The van der Waals surface area contributed by atoms with Crippen LogP contribution >= 0.6 is 0 Å². The third-order valence-corrected chi connectivity index (χ3v) is 7.64. The van der Waals surface area contributed by atoms with Gasteiger partial charge in [0.25, 0.3) is 11.8 Å². The molecule has 0 bridgehead atoms. The SMILES string of the molecule is CCN(CC)CCN(Cc1ccc(C(=O)NO)cc1)C(=O)c1cc2c([nH]c3ccccc32)c(-c2ccc(OC)cc2)n1. The average molecular weight is 566 g/mol. The topological polar surface area (TPSA) is 111 Å². The predicted octanol–water partition coefficient (Wildman–Crippen LogP) is 5.49. The number of hydroxylamine groups is 1. The number of aromatic nitrogens is 2. The molecule has 0 atom stereocenters. The smallest absolute Gasteiger partial charge is 0.274 e. The summed E-state index contributed by atoms with van der Waals surface area (Å²) in [6, 6.07) is 24.4. The van der Waals surface area contributed by atoms with Gasteiger partial charge in [0.1, 0.15) is 11.4 Å². The maximum Gasteiger partial charge on any atom is 0.274 e. The van der Waals surface area contributed by atoms with Crippen molar-refractivity contribution in [2.75, 3.05) is 33.3 Å². The quantitative estimate of drug-likeness (QED) is 0.144. The monoisotopic (exact) mass is 565 g/mol. The molecule has 3 N–H and O–H groups in total. The Kier molecular flexibility index (Phi) is 8.80. The highest BCUT2D eigenvalue weighted by atomic mass is 16.5. The Balaban J connectivity index is 1.57. The summed E-state index contributed by atoms with van der Waals surface area (Å²) in [5.41, 5.74) is 6.60. The number of para-hydroxylation sites is 1. The van der Waals surface area contributed by atoms with Crippen LogP contribution in [0.4, 0.5) is 0 Å². The number of carbonyl (C=O) groups excluding carboxylic acids is 2. The van der Waals surface area contributed by atoms with Crippen molar-refractivity contribution in [3.8, 4) is 17.0 Å². The van der Waals surface area contributed by atoms with E-state index in [4.69, 9.17) is 14.9 Å². The molecule has 0 unspecified atom stereocenters. The molecular weight excluding hydrogens is 530 g/mol. The Bertz CT molecular complexity index is 1690. The normalized spacial score (nSPS) is 11.3. The summed E-state index contributed by atoms with van der Waals surface area (Å²) in [4.78, 5) is 38.6. The van der Waals surface area contributed by atoms with E-state index >= 15 is 0 Å². The van der Waals surface area contributed by atoms with Crippen LogP contribution in [0.3, 0.4) is 0 Å². The molecule has 5 rings (SSSR count). The summed E-state index contributed by atoms with van der Waals surface area (Å²) in [7, 11) is 1.63. The lowest BCUT2D eigenvalue weighted by atomic mass is 10.1. The second-order valence-corrected chi connectivity index (χ2v) is 10.1. The van der Waals surface area contributed by atoms with Crippen LogP contribution in [0.2, 0.25) is 0 Å². The van der Waals surface area contributed by atoms with Crippen molar-refractivity contribution in [2.45, 2.75) is 20.4 Å². The van der Waals surface area contributed by atoms with Gasteiger partial charge in [0.15, 0.2) is 0 Å². The van der Waals surface area contributed by atoms with Gasteiger partial charge in [-0.3, -0.25) is 14.8 Å². The maximum absolute atomic E-state index is 14.3. The fourth-order valence-corrected chi connectivity index (χ4v) is 5.18. The first-order valence-corrected chi connectivity index (χ1v) is 14.1. The van der Waals surface area contributed by atoms with Crippen molar-refractivity contribution < 1.29 is 19.5 Å². The fraction of sp³-hybridized carbons (Fsp3) is 0.242. The molecule has 0 spiro atoms. The third kappa shape index (κ3) is 5.97. The Morgan fingerprint density at radius 1 is 0.929 bits per heavy atom. The predicted molar refractivity (Wildman–Crippen MR) is 164 cm³/mol. The van der Waals surface area contributed by atoms with E-state index in [1.807, 2.05) is 54.6 Å². The van der Waals surface area contributed by atoms with E-state index in [1.54, 1.807) is 41.8 Å². The van der Waals surface area contributed by atoms with E-state index in [0.717, 1.165) is 51.8 Å². The summed E-state index contributed by atoms with van der Waals surface area (Å²) in [6.07, 6.45) is 0. The molecule has 2 amide bonds. The summed E-state index contributed by atoms with van der Waals surface area (Å²) >= 11 is 0. The van der Waals surface area contributed by atoms with Crippen LogP contribution in [0.1, 0.15) is 40.3 Å². The number of nitrogens with zero attached hydrogens (tertiary/aromatic N) is 3. The molecule has 2 aromatic heterocycles. The number of H-pyrrole nitrogens is 1. The minimum Gasteiger partial charge on any atom is -0.497 e. The number of fused-ring (bicyclic) bond motifs is 3. The van der Waals surface area contributed by atoms with Gasteiger partial charge in [0.2, 0.25) is 0 Å². The first kappa shape index (κ1) is 28.8. The van der Waals surface area contributed by atoms with Gasteiger partial charge in [0, 0.05) is 47.1 Å². The van der Waals surface area contributed by atoms with Gasteiger partial charge < -0.3 is 19.5 Å². The van der Waals surface area contributed by atoms with Gasteiger partial charge >= 0.3 is 0 Å². The van der Waals surface area contributed by atoms with Crippen LogP contribution < -0.4 is 10.2 Å². The summed E-state index contributed by atoms with van der Waals surface area (Å²) in [5, 5.41) is 10.9. The van der Waals surface area contributed by atoms with E-state index in [2.05, 4.69) is 23.7 Å². The summed E-state index contributed by atoms with van der Waals surface area (Å²) < 4.78 is 5.35. The average Bonchev–Trinajstić information content (AvgIpc) is 3.42. The molecule has 2 heterocycles. The Hall–Kier alpha value is -4.73. The zero-order chi connectivity index (χ0) is 29.6. The maximum atomic E-state index is 14.3. The van der Waals surface area contributed by atoms with Crippen LogP contribution in [0.15, 0.2) is 78.9 Å². The molecule has 0 aliphatic carbocycles. The number of carbonyl (C=O) groups is 2. The molecule has 9 heteroatoms. The molecule has 5 aromatic rings. The second-order valence-electron chi connectivity index (χ2n) is 10.1. The van der Waals surface area contributed by atoms with Gasteiger partial charge in [-0.15, -0.1) is 0 Å². The van der Waals surface area contributed by atoms with Gasteiger partial charge in [-0.1, -0.05) is 44.2 Å². The van der Waals surface area contributed by atoms with Gasteiger partial charge in [-0.2, -0.15) is 0 Å². The number of likely N-dealkylation sites (N-methyl/N-ethyl adjacent to an activating group) is 1. The molecule has 3 aromatic carbocycles. The van der Waals surface area contributed by atoms with Crippen molar-refractivity contribution in [1.29, 1.82) is 0 Å². The Morgan fingerprint density at radius 3 is 2.31 bits per heavy atom. The van der Waals surface area contributed by atoms with E-state index in [1.165, 1.54) is 0 Å². The minimum atomic E-state index is -0.585. The first-order valence-electron chi connectivity index (χ1n) is 14.1. The Labute approximate surface area is 244 Å². The van der Waals surface area contributed by atoms with Crippen LogP contribution in [0.5, 0.6) is 5.75 Å². The number of nitrogens with one attached hydrogen (secondary N) is 2. The molecule has 9 nitrogen and oxygen atoms in total. The summed E-state index contributed by atoms with van der Waals surface area (Å²) in [6.45, 7) is 7.53. The zero-order valence-electron chi connectivity index (χ0n) is 24.1. The number of rotatable bonds is 11. The minimum absolute atomic E-state index is 0.179. The van der Waals surface area contributed by atoms with Gasteiger partial charge in [0.05, 0.1) is 18.3 Å². The van der Waals surface area contributed by atoms with Crippen LogP contribution in [0, 0.1) is 0 Å². The third-order valence-electron chi connectivity index (χ3n) is 7.64. The standard InChI is InChI=1S/C33H35N5O4/c1-4-37(5-2)18-19-38(21-22-10-12-24(13-11-22)32(39)36-41)33(40)29-20-27-26-8-6-7-9-28(26)34-31(27)30(35-29)23-14-16-25(42-3)17-15-23/h6-17,20,34,41H,4-5,18-19,21H2,1-3H3,(H,36,39). The number of methoxy groups -OCH3 is 1. The van der Waals surface area contributed by atoms with Crippen LogP contribution in [-0.4, -0.2) is 70.1 Å². The second kappa shape index (κ2) is 12.8. The zero-order valence-corrected chi connectivity index (χ0v) is 24.1. The van der Waals surface area contributed by atoms with Crippen LogP contribution in [-0.2, 0) is 6.54 Å². The van der Waals surface area contributed by atoms with Crippen LogP contribution in [0.25, 0.3) is 33.1 Å². The van der Waals surface area contributed by atoms with Crippen molar-refractivity contribution in [1.82, 2.24) is 25.2 Å². The highest BCUT2D eigenvalue weighted by Crippen LogP contribution is 2.33. The Morgan fingerprint density at radius 2 is 1.64 bits per heavy atom. The number of hydrogen-bond acceptors (Lipinski definition) is 6. The largest absolute Gasteiger partial charge is 0.497 e. The fourth-order valence-electron chi connectivity index (χ4n) is 5.18. The number of benzene rings is 3. The summed E-state index contributed by atoms with van der Waals surface area (Å²) in [5.74, 6) is -0.0245. The van der Waals surface area contributed by atoms with E-state index in [-0.39, 0.29) is 5.91 Å². The number of hydrogen-bond donors (Lipinski definition) is 3. The van der Waals surface area contributed by atoms with Crippen molar-refractivity contribution in [2.24, 2.45) is 0 Å². The highest BCUT2D eigenvalue weighted by molar-refractivity contribution is 6.13. The lowest BCUT2D eigenvalue weighted by Crippen LogP contribution is -2.38. The number of ether oxygens (including phenoxy) is 1. The lowest BCUT2D eigenvalue weighted by molar-refractivity contribution is 0.0702. The number of amides is 2. The molecule has 0 saturated carbocycles. The highest BCUT2D eigenvalue weighted by Gasteiger charge is 2.22. The molecule has 42 heavy (non-hydrogen) atoms. The van der Waals surface area contributed by atoms with E-state index in [9.17, 15) is 9.59 Å². The molecule has 0 saturated heterocycles. The van der Waals surface area contributed by atoms with Gasteiger partial charge in [-0.25, -0.2) is 10.5 Å². The molecule has 0 aliphatic heterocycles. The van der Waals surface area contributed by atoms with Gasteiger partial charge in [-0.05, 0) is 67.2 Å². The first-order chi connectivity index (χ1) is 20.4. The van der Waals surface area contributed by atoms with E-state index in [0.29, 0.717) is 36.6 Å². The molecular formula is C33H35N5O4. The van der Waals surface area contributed by atoms with Crippen molar-refractivity contribution in [3.63, 3.8) is 0 Å². The lowest BCUT2D eigenvalue weighted by Gasteiger charge is -2.27. The van der Waals surface area contributed by atoms with Crippen molar-refractivity contribution >= 4 is 33.6 Å². The molecule has 0 fully saturated rings. The number of aromatic amines is 1. The van der Waals surface area contributed by atoms with E-state index < -0.39 is 5.91 Å². The molecule has 0 aliphatic rings. The molecule has 216 valence electrons. The molecule has 0 radical (unpaired) electrons.